The van der Waals surface area contributed by atoms with Gasteiger partial charge in [0.05, 0.1) is 11.4 Å². The zero-order valence-corrected chi connectivity index (χ0v) is 9.38. The lowest BCUT2D eigenvalue weighted by Gasteiger charge is -2.13. The van der Waals surface area contributed by atoms with Gasteiger partial charge in [0.2, 0.25) is 0 Å². The number of nitrogens with zero attached hydrogens (tertiary/aromatic N) is 1. The number of aryl methyl sites for hydroxylation is 1. The molecule has 1 atom stereocenters. The number of anilines is 1. The molecule has 2 heteroatoms. The summed E-state index contributed by atoms with van der Waals surface area (Å²) in [6, 6.07) is 1.96. The number of nitrogen functional groups attached to an aromatic ring is 1. The highest BCUT2D eigenvalue weighted by Crippen LogP contribution is 2.26. The van der Waals surface area contributed by atoms with Crippen LogP contribution in [0, 0.1) is 6.92 Å². The van der Waals surface area contributed by atoms with E-state index in [9.17, 15) is 0 Å². The summed E-state index contributed by atoms with van der Waals surface area (Å²) in [6.07, 6.45) is 5.51. The molecule has 2 nitrogen and oxygen atoms in total. The molecule has 0 aromatic carbocycles. The quantitative estimate of drug-likeness (QED) is 0.795. The molecule has 0 saturated heterocycles. The van der Waals surface area contributed by atoms with E-state index in [4.69, 9.17) is 5.73 Å². The second-order valence-electron chi connectivity index (χ2n) is 3.97. The van der Waals surface area contributed by atoms with Gasteiger partial charge in [-0.1, -0.05) is 26.7 Å². The predicted octanol–water partition coefficient (Wildman–Crippen LogP) is 3.27. The van der Waals surface area contributed by atoms with Crippen molar-refractivity contribution in [2.45, 2.75) is 46.0 Å². The molecule has 1 unspecified atom stereocenters. The number of hydrogen-bond donors (Lipinski definition) is 1. The lowest BCUT2D eigenvalue weighted by atomic mass is 9.97. The Bertz CT molecular complexity index is 294. The first-order chi connectivity index (χ1) is 6.66. The van der Waals surface area contributed by atoms with Crippen LogP contribution in [-0.2, 0) is 0 Å². The fraction of sp³-hybridized carbons (Fsp3) is 0.583. The molecule has 0 spiro atoms. The number of pyridine rings is 1. The van der Waals surface area contributed by atoms with Crippen molar-refractivity contribution in [2.75, 3.05) is 5.73 Å². The molecule has 0 radical (unpaired) electrons. The van der Waals surface area contributed by atoms with Crippen molar-refractivity contribution in [1.82, 2.24) is 4.98 Å². The Morgan fingerprint density at radius 1 is 1.50 bits per heavy atom. The van der Waals surface area contributed by atoms with Crippen molar-refractivity contribution in [1.29, 1.82) is 0 Å². The van der Waals surface area contributed by atoms with E-state index in [1.807, 2.05) is 19.2 Å². The normalized spacial score (nSPS) is 12.8. The molecular formula is C12H20N2. The van der Waals surface area contributed by atoms with Crippen LogP contribution in [0.25, 0.3) is 0 Å². The summed E-state index contributed by atoms with van der Waals surface area (Å²) >= 11 is 0. The summed E-state index contributed by atoms with van der Waals surface area (Å²) in [5, 5.41) is 0. The molecule has 78 valence electrons. The number of unbranched alkanes of at least 4 members (excludes halogenated alkanes) is 1. The van der Waals surface area contributed by atoms with Crippen molar-refractivity contribution in [3.8, 4) is 0 Å². The molecule has 1 rings (SSSR count). The van der Waals surface area contributed by atoms with Gasteiger partial charge in [-0.15, -0.1) is 0 Å². The van der Waals surface area contributed by atoms with Crippen LogP contribution >= 0.6 is 0 Å². The second-order valence-corrected chi connectivity index (χ2v) is 3.97. The molecular weight excluding hydrogens is 172 g/mol. The molecule has 0 aliphatic carbocycles. The van der Waals surface area contributed by atoms with Crippen LogP contribution < -0.4 is 5.73 Å². The van der Waals surface area contributed by atoms with Gasteiger partial charge < -0.3 is 5.73 Å². The molecule has 0 saturated carbocycles. The lowest BCUT2D eigenvalue weighted by Crippen LogP contribution is -2.04. The van der Waals surface area contributed by atoms with E-state index in [1.165, 1.54) is 19.3 Å². The minimum Gasteiger partial charge on any atom is -0.397 e. The Morgan fingerprint density at radius 2 is 2.21 bits per heavy atom. The molecule has 0 bridgehead atoms. The number of aromatic nitrogens is 1. The predicted molar refractivity (Wildman–Crippen MR) is 61.3 cm³/mol. The van der Waals surface area contributed by atoms with Crippen LogP contribution in [0.4, 0.5) is 5.69 Å². The number of nitrogens with two attached hydrogens (primary N) is 1. The molecule has 0 aliphatic heterocycles. The molecule has 1 heterocycles. The highest BCUT2D eigenvalue weighted by Gasteiger charge is 2.10. The van der Waals surface area contributed by atoms with E-state index < -0.39 is 0 Å². The van der Waals surface area contributed by atoms with E-state index in [0.717, 1.165) is 16.9 Å². The third kappa shape index (κ3) is 2.47. The Labute approximate surface area is 86.5 Å². The van der Waals surface area contributed by atoms with Crippen LogP contribution in [-0.4, -0.2) is 4.98 Å². The van der Waals surface area contributed by atoms with Crippen molar-refractivity contribution >= 4 is 5.69 Å². The molecule has 0 aliphatic rings. The van der Waals surface area contributed by atoms with E-state index in [1.54, 1.807) is 0 Å². The van der Waals surface area contributed by atoms with Gasteiger partial charge in [-0.2, -0.15) is 0 Å². The summed E-state index contributed by atoms with van der Waals surface area (Å²) < 4.78 is 0. The highest BCUT2D eigenvalue weighted by molar-refractivity contribution is 5.50. The van der Waals surface area contributed by atoms with Crippen LogP contribution in [0.1, 0.15) is 50.3 Å². The second kappa shape index (κ2) is 4.99. The molecule has 1 aromatic heterocycles. The van der Waals surface area contributed by atoms with Gasteiger partial charge in [-0.25, -0.2) is 0 Å². The average Bonchev–Trinajstić information content (AvgIpc) is 2.18. The Morgan fingerprint density at radius 3 is 2.86 bits per heavy atom. The van der Waals surface area contributed by atoms with Gasteiger partial charge in [-0.05, 0) is 25.0 Å². The smallest absolute Gasteiger partial charge is 0.0663 e. The van der Waals surface area contributed by atoms with Gasteiger partial charge in [0, 0.05) is 12.1 Å². The van der Waals surface area contributed by atoms with Gasteiger partial charge in [-0.3, -0.25) is 4.98 Å². The first kappa shape index (κ1) is 11.0. The molecule has 0 fully saturated rings. The average molecular weight is 192 g/mol. The zero-order chi connectivity index (χ0) is 10.6. The monoisotopic (exact) mass is 192 g/mol. The van der Waals surface area contributed by atoms with Crippen molar-refractivity contribution in [3.63, 3.8) is 0 Å². The van der Waals surface area contributed by atoms with Crippen LogP contribution in [0.3, 0.4) is 0 Å². The molecule has 2 N–H and O–H groups in total. The van der Waals surface area contributed by atoms with E-state index >= 15 is 0 Å². The lowest BCUT2D eigenvalue weighted by molar-refractivity contribution is 0.612. The Hall–Kier alpha value is -1.05. The molecule has 14 heavy (non-hydrogen) atoms. The first-order valence-electron chi connectivity index (χ1n) is 5.37. The van der Waals surface area contributed by atoms with Crippen LogP contribution in [0.5, 0.6) is 0 Å². The minimum atomic E-state index is 0.481. The van der Waals surface area contributed by atoms with Gasteiger partial charge in [0.25, 0.3) is 0 Å². The van der Waals surface area contributed by atoms with Crippen LogP contribution in [0.2, 0.25) is 0 Å². The summed E-state index contributed by atoms with van der Waals surface area (Å²) in [5.41, 5.74) is 9.07. The fourth-order valence-electron chi connectivity index (χ4n) is 1.63. The summed E-state index contributed by atoms with van der Waals surface area (Å²) in [6.45, 7) is 6.45. The van der Waals surface area contributed by atoms with Gasteiger partial charge >= 0.3 is 0 Å². The van der Waals surface area contributed by atoms with Crippen molar-refractivity contribution in [2.24, 2.45) is 0 Å². The third-order valence-corrected chi connectivity index (χ3v) is 2.70. The van der Waals surface area contributed by atoms with E-state index in [-0.39, 0.29) is 0 Å². The number of hydrogen-bond acceptors (Lipinski definition) is 2. The van der Waals surface area contributed by atoms with Crippen molar-refractivity contribution < 1.29 is 0 Å². The van der Waals surface area contributed by atoms with Gasteiger partial charge in [0.1, 0.15) is 0 Å². The minimum absolute atomic E-state index is 0.481. The largest absolute Gasteiger partial charge is 0.397 e. The number of rotatable bonds is 4. The van der Waals surface area contributed by atoms with Crippen molar-refractivity contribution in [3.05, 3.63) is 23.5 Å². The van der Waals surface area contributed by atoms with Gasteiger partial charge in [0.15, 0.2) is 0 Å². The zero-order valence-electron chi connectivity index (χ0n) is 9.38. The fourth-order valence-corrected chi connectivity index (χ4v) is 1.63. The van der Waals surface area contributed by atoms with E-state index in [2.05, 4.69) is 18.8 Å². The maximum Gasteiger partial charge on any atom is 0.0663 e. The Balaban J connectivity index is 2.79. The van der Waals surface area contributed by atoms with Crippen LogP contribution in [0.15, 0.2) is 12.3 Å². The molecule has 1 aromatic rings. The standard InChI is InChI=1S/C12H20N2/c1-4-5-6-10(3)12-11(13)9(2)7-8-14-12/h7-8,10H,4-6,13H2,1-3H3. The first-order valence-corrected chi connectivity index (χ1v) is 5.37. The summed E-state index contributed by atoms with van der Waals surface area (Å²) in [5.74, 6) is 0.481. The SMILES string of the molecule is CCCCC(C)c1nccc(C)c1N. The summed E-state index contributed by atoms with van der Waals surface area (Å²) in [4.78, 5) is 4.37. The topological polar surface area (TPSA) is 38.9 Å². The summed E-state index contributed by atoms with van der Waals surface area (Å²) in [7, 11) is 0. The van der Waals surface area contributed by atoms with E-state index in [0.29, 0.717) is 5.92 Å². The maximum atomic E-state index is 5.99. The Kier molecular flexibility index (Phi) is 3.93. The third-order valence-electron chi connectivity index (χ3n) is 2.70. The molecule has 0 amide bonds. The maximum absolute atomic E-state index is 5.99. The highest BCUT2D eigenvalue weighted by atomic mass is 14.7.